The highest BCUT2D eigenvalue weighted by Gasteiger charge is 2.11. The van der Waals surface area contributed by atoms with Crippen LogP contribution < -0.4 is 11.1 Å². The highest BCUT2D eigenvalue weighted by molar-refractivity contribution is 7.15. The van der Waals surface area contributed by atoms with E-state index < -0.39 is 0 Å². The number of nitrogen functional groups attached to an aromatic ring is 1. The number of hydrogen-bond acceptors (Lipinski definition) is 7. The molecule has 7 heteroatoms. The molecule has 31 heavy (non-hydrogen) atoms. The van der Waals surface area contributed by atoms with Crippen molar-refractivity contribution in [1.82, 2.24) is 15.0 Å². The van der Waals surface area contributed by atoms with Crippen molar-refractivity contribution >= 4 is 28.8 Å². The molecule has 2 heterocycles. The standard InChI is InChI=1S/C24H23N5OS/c1-15-23(31-16(2)28-15)21-11-12-26-24(29-21)27-14-17-7-9-18(10-8-17)22(30)13-19-5-3-4-6-20(19)25/h3-12H,13-14,25H2,1-2H3,(H,26,27,29). The van der Waals surface area contributed by atoms with Crippen LogP contribution >= 0.6 is 11.3 Å². The number of carbonyl (C=O) groups is 1. The van der Waals surface area contributed by atoms with Crippen molar-refractivity contribution in [2.24, 2.45) is 0 Å². The van der Waals surface area contributed by atoms with Crippen LogP contribution in [-0.4, -0.2) is 20.7 Å². The molecule has 4 rings (SSSR count). The Labute approximate surface area is 185 Å². The maximum Gasteiger partial charge on any atom is 0.223 e. The van der Waals surface area contributed by atoms with E-state index in [2.05, 4.69) is 20.3 Å². The van der Waals surface area contributed by atoms with Crippen molar-refractivity contribution in [3.8, 4) is 10.6 Å². The van der Waals surface area contributed by atoms with Gasteiger partial charge in [0.1, 0.15) is 0 Å². The molecular weight excluding hydrogens is 406 g/mol. The average molecular weight is 430 g/mol. The van der Waals surface area contributed by atoms with Gasteiger partial charge in [0.15, 0.2) is 5.78 Å². The van der Waals surface area contributed by atoms with Crippen LogP contribution in [0.15, 0.2) is 60.8 Å². The number of aryl methyl sites for hydroxylation is 2. The van der Waals surface area contributed by atoms with Gasteiger partial charge in [-0.2, -0.15) is 0 Å². The Morgan fingerprint density at radius 1 is 1.03 bits per heavy atom. The van der Waals surface area contributed by atoms with Crippen molar-refractivity contribution in [3.63, 3.8) is 0 Å². The second-order valence-electron chi connectivity index (χ2n) is 7.26. The molecular formula is C24H23N5OS. The molecule has 0 aliphatic rings. The van der Waals surface area contributed by atoms with E-state index in [0.29, 0.717) is 30.2 Å². The molecule has 6 nitrogen and oxygen atoms in total. The Balaban J connectivity index is 1.40. The van der Waals surface area contributed by atoms with Crippen molar-refractivity contribution in [1.29, 1.82) is 0 Å². The molecule has 0 amide bonds. The topological polar surface area (TPSA) is 93.8 Å². The summed E-state index contributed by atoms with van der Waals surface area (Å²) in [6.45, 7) is 4.54. The minimum atomic E-state index is 0.0451. The number of benzene rings is 2. The molecule has 2 aromatic heterocycles. The molecule has 0 spiro atoms. The number of ketones is 1. The molecule has 0 radical (unpaired) electrons. The Bertz CT molecular complexity index is 1220. The Morgan fingerprint density at radius 2 is 1.81 bits per heavy atom. The van der Waals surface area contributed by atoms with E-state index in [1.165, 1.54) is 0 Å². The minimum Gasteiger partial charge on any atom is -0.398 e. The molecule has 0 atom stereocenters. The van der Waals surface area contributed by atoms with Crippen LogP contribution in [0.1, 0.15) is 32.2 Å². The number of nitrogens with two attached hydrogens (primary N) is 1. The number of anilines is 2. The van der Waals surface area contributed by atoms with Gasteiger partial charge in [0.25, 0.3) is 0 Å². The summed E-state index contributed by atoms with van der Waals surface area (Å²) in [4.78, 5) is 27.0. The zero-order valence-corrected chi connectivity index (χ0v) is 18.2. The van der Waals surface area contributed by atoms with Crippen LogP contribution in [0, 0.1) is 13.8 Å². The number of hydrogen-bond donors (Lipinski definition) is 2. The number of aromatic nitrogens is 3. The van der Waals surface area contributed by atoms with Crippen molar-refractivity contribution in [2.45, 2.75) is 26.8 Å². The number of carbonyl (C=O) groups excluding carboxylic acids is 1. The van der Waals surface area contributed by atoms with E-state index in [9.17, 15) is 4.79 Å². The summed E-state index contributed by atoms with van der Waals surface area (Å²) in [5, 5.41) is 4.27. The van der Waals surface area contributed by atoms with Gasteiger partial charge in [0, 0.05) is 30.4 Å². The van der Waals surface area contributed by atoms with Gasteiger partial charge in [0.2, 0.25) is 5.95 Å². The van der Waals surface area contributed by atoms with E-state index >= 15 is 0 Å². The van der Waals surface area contributed by atoms with Gasteiger partial charge in [-0.25, -0.2) is 15.0 Å². The minimum absolute atomic E-state index is 0.0451. The van der Waals surface area contributed by atoms with Crippen LogP contribution in [0.5, 0.6) is 0 Å². The zero-order chi connectivity index (χ0) is 21.8. The average Bonchev–Trinajstić information content (AvgIpc) is 3.12. The smallest absolute Gasteiger partial charge is 0.223 e. The van der Waals surface area contributed by atoms with Gasteiger partial charge in [-0.15, -0.1) is 11.3 Å². The Kier molecular flexibility index (Phi) is 6.04. The molecule has 0 saturated heterocycles. The van der Waals surface area contributed by atoms with Crippen molar-refractivity contribution in [3.05, 3.63) is 88.2 Å². The lowest BCUT2D eigenvalue weighted by Gasteiger charge is -2.08. The van der Waals surface area contributed by atoms with Crippen molar-refractivity contribution in [2.75, 3.05) is 11.1 Å². The molecule has 0 bridgehead atoms. The third-order valence-corrected chi connectivity index (χ3v) is 6.02. The number of thiazole rings is 1. The number of Topliss-reactive ketones (excluding diaryl/α,β-unsaturated/α-hetero) is 1. The lowest BCUT2D eigenvalue weighted by Crippen LogP contribution is -2.07. The molecule has 0 aliphatic heterocycles. The van der Waals surface area contributed by atoms with Gasteiger partial charge in [-0.1, -0.05) is 42.5 Å². The molecule has 0 aliphatic carbocycles. The fourth-order valence-corrected chi connectivity index (χ4v) is 4.19. The monoisotopic (exact) mass is 429 g/mol. The quantitative estimate of drug-likeness (QED) is 0.323. The van der Waals surface area contributed by atoms with Gasteiger partial charge in [0.05, 0.1) is 21.3 Å². The predicted molar refractivity (Wildman–Crippen MR) is 125 cm³/mol. The van der Waals surface area contributed by atoms with E-state index in [1.54, 1.807) is 17.5 Å². The second kappa shape index (κ2) is 9.06. The van der Waals surface area contributed by atoms with Crippen LogP contribution in [0.2, 0.25) is 0 Å². The lowest BCUT2D eigenvalue weighted by atomic mass is 10.0. The first-order valence-corrected chi connectivity index (χ1v) is 10.8. The van der Waals surface area contributed by atoms with Crippen molar-refractivity contribution < 1.29 is 4.79 Å². The number of para-hydroxylation sites is 1. The molecule has 3 N–H and O–H groups in total. The first-order chi connectivity index (χ1) is 15.0. The van der Waals surface area contributed by atoms with Gasteiger partial charge >= 0.3 is 0 Å². The summed E-state index contributed by atoms with van der Waals surface area (Å²) in [5.74, 6) is 0.603. The molecule has 4 aromatic rings. The van der Waals surface area contributed by atoms with E-state index in [1.807, 2.05) is 68.4 Å². The molecule has 156 valence electrons. The molecule has 0 unspecified atom stereocenters. The van der Waals surface area contributed by atoms with Crippen LogP contribution in [0.4, 0.5) is 11.6 Å². The van der Waals surface area contributed by atoms with E-state index in [4.69, 9.17) is 5.73 Å². The SMILES string of the molecule is Cc1nc(C)c(-c2ccnc(NCc3ccc(C(=O)Cc4ccccc4N)cc3)n2)s1. The van der Waals surface area contributed by atoms with Crippen LogP contribution in [0.25, 0.3) is 10.6 Å². The third-order valence-electron chi connectivity index (χ3n) is 4.92. The summed E-state index contributed by atoms with van der Waals surface area (Å²) < 4.78 is 0. The first kappa shape index (κ1) is 20.7. The number of nitrogens with zero attached hydrogens (tertiary/aromatic N) is 3. The number of nitrogens with one attached hydrogen (secondary N) is 1. The Morgan fingerprint density at radius 3 is 2.52 bits per heavy atom. The predicted octanol–water partition coefficient (Wildman–Crippen LogP) is 4.84. The van der Waals surface area contributed by atoms with Gasteiger partial charge in [-0.3, -0.25) is 4.79 Å². The second-order valence-corrected chi connectivity index (χ2v) is 8.47. The highest BCUT2D eigenvalue weighted by atomic mass is 32.1. The van der Waals surface area contributed by atoms with Crippen LogP contribution in [-0.2, 0) is 13.0 Å². The zero-order valence-electron chi connectivity index (χ0n) is 17.4. The maximum absolute atomic E-state index is 12.6. The fraction of sp³-hybridized carbons (Fsp3) is 0.167. The van der Waals surface area contributed by atoms with Crippen LogP contribution in [0.3, 0.4) is 0 Å². The fourth-order valence-electron chi connectivity index (χ4n) is 3.30. The summed E-state index contributed by atoms with van der Waals surface area (Å²) in [6.07, 6.45) is 2.04. The molecule has 2 aromatic carbocycles. The largest absolute Gasteiger partial charge is 0.398 e. The molecule has 0 fully saturated rings. The highest BCUT2D eigenvalue weighted by Crippen LogP contribution is 2.28. The summed E-state index contributed by atoms with van der Waals surface area (Å²) in [7, 11) is 0. The normalized spacial score (nSPS) is 10.8. The number of rotatable bonds is 7. The van der Waals surface area contributed by atoms with E-state index in [0.717, 1.165) is 32.4 Å². The summed E-state index contributed by atoms with van der Waals surface area (Å²) >= 11 is 1.63. The first-order valence-electron chi connectivity index (χ1n) is 9.96. The summed E-state index contributed by atoms with van der Waals surface area (Å²) in [5.41, 5.74) is 11.0. The van der Waals surface area contributed by atoms with Gasteiger partial charge in [-0.05, 0) is 37.1 Å². The van der Waals surface area contributed by atoms with Gasteiger partial charge < -0.3 is 11.1 Å². The Hall–Kier alpha value is -3.58. The molecule has 0 saturated carbocycles. The summed E-state index contributed by atoms with van der Waals surface area (Å²) in [6, 6.07) is 16.9. The maximum atomic E-state index is 12.6. The lowest BCUT2D eigenvalue weighted by molar-refractivity contribution is 0.0993. The van der Waals surface area contributed by atoms with E-state index in [-0.39, 0.29) is 5.78 Å². The third kappa shape index (κ3) is 4.95.